The Bertz CT molecular complexity index is 381. The van der Waals surface area contributed by atoms with Gasteiger partial charge in [-0.05, 0) is 49.3 Å². The Morgan fingerprint density at radius 2 is 1.94 bits per heavy atom. The lowest BCUT2D eigenvalue weighted by Gasteiger charge is -2.43. The van der Waals surface area contributed by atoms with Crippen molar-refractivity contribution in [1.82, 2.24) is 5.32 Å². The lowest BCUT2D eigenvalue weighted by atomic mass is 9.69. The van der Waals surface area contributed by atoms with Crippen molar-refractivity contribution in [3.8, 4) is 0 Å². The van der Waals surface area contributed by atoms with Gasteiger partial charge >= 0.3 is 0 Å². The number of rotatable bonds is 2. The number of nitrogens with one attached hydrogen (secondary N) is 1. The third-order valence-electron chi connectivity index (χ3n) is 4.43. The van der Waals surface area contributed by atoms with E-state index in [-0.39, 0.29) is 5.54 Å². The van der Waals surface area contributed by atoms with E-state index in [1.54, 1.807) is 0 Å². The fourth-order valence-corrected chi connectivity index (χ4v) is 3.00. The van der Waals surface area contributed by atoms with Crippen LogP contribution in [0.25, 0.3) is 0 Å². The van der Waals surface area contributed by atoms with Crippen molar-refractivity contribution in [2.45, 2.75) is 52.5 Å². The summed E-state index contributed by atoms with van der Waals surface area (Å²) in [6.07, 6.45) is 3.76. The van der Waals surface area contributed by atoms with E-state index in [1.807, 2.05) is 0 Å². The Morgan fingerprint density at radius 1 is 1.24 bits per heavy atom. The van der Waals surface area contributed by atoms with Gasteiger partial charge in [-0.1, -0.05) is 45.0 Å². The van der Waals surface area contributed by atoms with Crippen LogP contribution in [0.1, 0.15) is 44.7 Å². The van der Waals surface area contributed by atoms with Crippen molar-refractivity contribution in [3.05, 3.63) is 35.4 Å². The molecule has 0 aliphatic carbocycles. The maximum Gasteiger partial charge on any atom is 0.0270 e. The second-order valence-electron chi connectivity index (χ2n) is 6.47. The van der Waals surface area contributed by atoms with Crippen molar-refractivity contribution >= 4 is 0 Å². The first kappa shape index (κ1) is 12.6. The van der Waals surface area contributed by atoms with Crippen molar-refractivity contribution in [2.24, 2.45) is 5.41 Å². The van der Waals surface area contributed by atoms with Crippen LogP contribution in [0.2, 0.25) is 0 Å². The van der Waals surface area contributed by atoms with Gasteiger partial charge in [0, 0.05) is 5.54 Å². The van der Waals surface area contributed by atoms with E-state index >= 15 is 0 Å². The zero-order chi connectivity index (χ0) is 12.5. The van der Waals surface area contributed by atoms with Crippen molar-refractivity contribution in [3.63, 3.8) is 0 Å². The van der Waals surface area contributed by atoms with Gasteiger partial charge in [0.05, 0.1) is 0 Å². The van der Waals surface area contributed by atoms with Gasteiger partial charge < -0.3 is 5.32 Å². The van der Waals surface area contributed by atoms with E-state index in [1.165, 1.54) is 30.5 Å². The summed E-state index contributed by atoms with van der Waals surface area (Å²) in [6, 6.07) is 8.79. The molecule has 1 heterocycles. The number of benzene rings is 1. The Hall–Kier alpha value is -0.820. The molecular formula is C16H25N. The molecule has 0 bridgehead atoms. The summed E-state index contributed by atoms with van der Waals surface area (Å²) >= 11 is 0. The van der Waals surface area contributed by atoms with Crippen LogP contribution in [-0.4, -0.2) is 12.1 Å². The quantitative estimate of drug-likeness (QED) is 0.818. The summed E-state index contributed by atoms with van der Waals surface area (Å²) in [5.74, 6) is 0. The predicted octanol–water partition coefficient (Wildman–Crippen LogP) is 3.71. The van der Waals surface area contributed by atoms with Crippen molar-refractivity contribution in [2.75, 3.05) is 6.54 Å². The zero-order valence-corrected chi connectivity index (χ0v) is 11.6. The third-order valence-corrected chi connectivity index (χ3v) is 4.43. The molecule has 0 amide bonds. The monoisotopic (exact) mass is 231 g/mol. The van der Waals surface area contributed by atoms with E-state index in [0.717, 1.165) is 6.42 Å². The van der Waals surface area contributed by atoms with Crippen LogP contribution in [0, 0.1) is 12.3 Å². The summed E-state index contributed by atoms with van der Waals surface area (Å²) in [6.45, 7) is 10.5. The Balaban J connectivity index is 2.28. The number of aryl methyl sites for hydroxylation is 1. The lowest BCUT2D eigenvalue weighted by Crippen LogP contribution is -2.52. The van der Waals surface area contributed by atoms with Gasteiger partial charge in [0.25, 0.3) is 0 Å². The van der Waals surface area contributed by atoms with E-state index in [2.05, 4.69) is 57.3 Å². The second kappa shape index (κ2) is 4.45. The molecule has 1 aromatic rings. The smallest absolute Gasteiger partial charge is 0.0270 e. The van der Waals surface area contributed by atoms with Gasteiger partial charge in [0.2, 0.25) is 0 Å². The molecule has 0 radical (unpaired) electrons. The molecule has 1 nitrogen and oxygen atoms in total. The van der Waals surface area contributed by atoms with Gasteiger partial charge in [0.1, 0.15) is 0 Å². The highest BCUT2D eigenvalue weighted by Crippen LogP contribution is 2.40. The molecule has 1 saturated heterocycles. The largest absolute Gasteiger partial charge is 0.310 e. The molecule has 0 saturated carbocycles. The third kappa shape index (κ3) is 2.40. The average Bonchev–Trinajstić information content (AvgIpc) is 2.70. The molecule has 1 heteroatoms. The van der Waals surface area contributed by atoms with Gasteiger partial charge in [-0.2, -0.15) is 0 Å². The van der Waals surface area contributed by atoms with Crippen LogP contribution < -0.4 is 5.32 Å². The average molecular weight is 231 g/mol. The summed E-state index contributed by atoms with van der Waals surface area (Å²) in [5.41, 5.74) is 3.51. The number of hydrogen-bond acceptors (Lipinski definition) is 1. The Labute approximate surface area is 106 Å². The minimum absolute atomic E-state index is 0.277. The van der Waals surface area contributed by atoms with Crippen LogP contribution in [-0.2, 0) is 6.42 Å². The van der Waals surface area contributed by atoms with Crippen molar-refractivity contribution < 1.29 is 0 Å². The molecule has 2 rings (SSSR count). The predicted molar refractivity (Wildman–Crippen MR) is 74.3 cm³/mol. The van der Waals surface area contributed by atoms with Crippen LogP contribution in [0.3, 0.4) is 0 Å². The normalized spacial score (nSPS) is 25.2. The summed E-state index contributed by atoms with van der Waals surface area (Å²) in [7, 11) is 0. The highest BCUT2D eigenvalue weighted by atomic mass is 15.0. The molecule has 1 aromatic carbocycles. The van der Waals surface area contributed by atoms with Gasteiger partial charge in [0.15, 0.2) is 0 Å². The minimum atomic E-state index is 0.277. The first-order valence-corrected chi connectivity index (χ1v) is 6.74. The maximum atomic E-state index is 3.79. The van der Waals surface area contributed by atoms with Crippen LogP contribution in [0.4, 0.5) is 0 Å². The highest BCUT2D eigenvalue weighted by Gasteiger charge is 2.43. The van der Waals surface area contributed by atoms with Gasteiger partial charge in [-0.3, -0.25) is 0 Å². The molecule has 1 atom stereocenters. The van der Waals surface area contributed by atoms with E-state index in [4.69, 9.17) is 0 Å². The minimum Gasteiger partial charge on any atom is -0.310 e. The van der Waals surface area contributed by atoms with E-state index in [0.29, 0.717) is 5.41 Å². The second-order valence-corrected chi connectivity index (χ2v) is 6.47. The molecule has 94 valence electrons. The summed E-state index contributed by atoms with van der Waals surface area (Å²) in [5, 5.41) is 3.79. The van der Waals surface area contributed by atoms with Gasteiger partial charge in [-0.15, -0.1) is 0 Å². The van der Waals surface area contributed by atoms with Gasteiger partial charge in [-0.25, -0.2) is 0 Å². The molecule has 0 aromatic heterocycles. The molecule has 1 aliphatic rings. The first-order chi connectivity index (χ1) is 7.95. The highest BCUT2D eigenvalue weighted by molar-refractivity contribution is 5.28. The summed E-state index contributed by atoms with van der Waals surface area (Å²) < 4.78 is 0. The molecule has 1 N–H and O–H groups in total. The van der Waals surface area contributed by atoms with Crippen molar-refractivity contribution in [1.29, 1.82) is 0 Å². The zero-order valence-electron chi connectivity index (χ0n) is 11.6. The van der Waals surface area contributed by atoms with Crippen LogP contribution >= 0.6 is 0 Å². The fraction of sp³-hybridized carbons (Fsp3) is 0.625. The van der Waals surface area contributed by atoms with E-state index in [9.17, 15) is 0 Å². The molecule has 17 heavy (non-hydrogen) atoms. The fourth-order valence-electron chi connectivity index (χ4n) is 3.00. The Kier molecular flexibility index (Phi) is 3.31. The molecule has 1 fully saturated rings. The number of hydrogen-bond donors (Lipinski definition) is 1. The standard InChI is InChI=1S/C16H25N/c1-13-8-5-6-9-14(13)12-16(15(2,3)4)10-7-11-17-16/h5-6,8-9,17H,7,10-12H2,1-4H3. The molecule has 0 spiro atoms. The van der Waals surface area contributed by atoms with Crippen LogP contribution in [0.5, 0.6) is 0 Å². The topological polar surface area (TPSA) is 12.0 Å². The molecule has 1 aliphatic heterocycles. The Morgan fingerprint density at radius 3 is 2.47 bits per heavy atom. The SMILES string of the molecule is Cc1ccccc1CC1(C(C)(C)C)CCCN1. The van der Waals surface area contributed by atoms with Crippen LogP contribution in [0.15, 0.2) is 24.3 Å². The summed E-state index contributed by atoms with van der Waals surface area (Å²) in [4.78, 5) is 0. The lowest BCUT2D eigenvalue weighted by molar-refractivity contribution is 0.159. The molecule has 1 unspecified atom stereocenters. The first-order valence-electron chi connectivity index (χ1n) is 6.74. The van der Waals surface area contributed by atoms with E-state index < -0.39 is 0 Å². The molecular weight excluding hydrogens is 206 g/mol. The maximum absolute atomic E-state index is 3.79.